The summed E-state index contributed by atoms with van der Waals surface area (Å²) in [6.07, 6.45) is 5.65. The Kier molecular flexibility index (Phi) is 13.2. The Hall–Kier alpha value is -4.64. The first-order valence-corrected chi connectivity index (χ1v) is 19.9. The molecule has 3 fully saturated rings. The Labute approximate surface area is 316 Å². The lowest BCUT2D eigenvalue weighted by Gasteiger charge is -2.40. The van der Waals surface area contributed by atoms with E-state index < -0.39 is 35.9 Å². The zero-order chi connectivity index (χ0) is 37.2. The molecule has 0 bridgehead atoms. The van der Waals surface area contributed by atoms with E-state index in [1.54, 1.807) is 21.6 Å². The number of hydrogen-bond acceptors (Lipinski definition) is 7. The van der Waals surface area contributed by atoms with Crippen LogP contribution in [-0.2, 0) is 41.6 Å². The second-order valence-corrected chi connectivity index (χ2v) is 15.6. The fraction of sp³-hybridized carbons (Fsp3) is 0.452. The third-order valence-electron chi connectivity index (χ3n) is 10.7. The molecule has 3 aromatic rings. The van der Waals surface area contributed by atoms with Gasteiger partial charge in [-0.15, -0.1) is 11.8 Å². The highest BCUT2D eigenvalue weighted by Crippen LogP contribution is 2.35. The van der Waals surface area contributed by atoms with E-state index in [1.807, 2.05) is 91.0 Å². The summed E-state index contributed by atoms with van der Waals surface area (Å²) < 4.78 is 5.06. The number of benzene rings is 3. The van der Waals surface area contributed by atoms with Crippen molar-refractivity contribution in [2.75, 3.05) is 24.3 Å². The van der Waals surface area contributed by atoms with Crippen molar-refractivity contribution in [2.45, 2.75) is 87.7 Å². The van der Waals surface area contributed by atoms with Crippen molar-refractivity contribution >= 4 is 47.0 Å². The molecule has 0 aliphatic carbocycles. The van der Waals surface area contributed by atoms with Crippen LogP contribution in [0.5, 0.6) is 0 Å². The molecule has 3 aliphatic rings. The van der Waals surface area contributed by atoms with Crippen LogP contribution < -0.4 is 15.5 Å². The number of nitrogens with one attached hydrogen (secondary N) is 2. The number of anilines is 1. The zero-order valence-electron chi connectivity index (χ0n) is 30.4. The molecule has 3 aliphatic heterocycles. The van der Waals surface area contributed by atoms with E-state index in [1.165, 1.54) is 7.11 Å². The third-order valence-corrected chi connectivity index (χ3v) is 12.0. The Balaban J connectivity index is 1.19. The number of hydrogen-bond donors (Lipinski definition) is 2. The normalized spacial score (nSPS) is 22.9. The third kappa shape index (κ3) is 9.67. The maximum atomic E-state index is 14.2. The Bertz CT molecular complexity index is 1710. The number of esters is 1. The SMILES string of the molecule is COC(=O)[C@@H]1CCC[C@@H]2SCC[C@H](NC(=O)[C@H](CC[C@H](Cc3ccccc3)C(=O)N[C@H]3CCCN(c4ccccc4)C3=O)Cc3ccccc3)C(=O)N21. The highest BCUT2D eigenvalue weighted by molar-refractivity contribution is 7.99. The molecule has 6 rings (SSSR count). The van der Waals surface area contributed by atoms with Crippen molar-refractivity contribution in [1.29, 1.82) is 0 Å². The van der Waals surface area contributed by atoms with E-state index in [0.29, 0.717) is 57.2 Å². The minimum Gasteiger partial charge on any atom is -0.467 e. The summed E-state index contributed by atoms with van der Waals surface area (Å²) in [6.45, 7) is 0.600. The minimum absolute atomic E-state index is 0.118. The van der Waals surface area contributed by atoms with Crippen LogP contribution in [0.15, 0.2) is 91.0 Å². The summed E-state index contributed by atoms with van der Waals surface area (Å²) in [4.78, 5) is 72.1. The predicted octanol–water partition coefficient (Wildman–Crippen LogP) is 5.30. The number of thioether (sulfide) groups is 1. The molecular weight excluding hydrogens is 689 g/mol. The van der Waals surface area contributed by atoms with Gasteiger partial charge in [-0.2, -0.15) is 0 Å². The molecule has 10 nitrogen and oxygen atoms in total. The topological polar surface area (TPSA) is 125 Å². The van der Waals surface area contributed by atoms with E-state index in [4.69, 9.17) is 4.74 Å². The van der Waals surface area contributed by atoms with Crippen LogP contribution in [0.1, 0.15) is 62.5 Å². The number of para-hydroxylation sites is 1. The molecule has 0 radical (unpaired) electrons. The summed E-state index contributed by atoms with van der Waals surface area (Å²) in [5.74, 6) is -1.58. The number of nitrogens with zero attached hydrogens (tertiary/aromatic N) is 2. The van der Waals surface area contributed by atoms with Crippen molar-refractivity contribution in [3.05, 3.63) is 102 Å². The lowest BCUT2D eigenvalue weighted by molar-refractivity contribution is -0.156. The minimum atomic E-state index is -0.767. The van der Waals surface area contributed by atoms with Gasteiger partial charge in [0.1, 0.15) is 18.1 Å². The first-order chi connectivity index (χ1) is 25.8. The van der Waals surface area contributed by atoms with Crippen LogP contribution in [0.3, 0.4) is 0 Å². The average Bonchev–Trinajstić information content (AvgIpc) is 3.35. The van der Waals surface area contributed by atoms with Crippen LogP contribution in [0.2, 0.25) is 0 Å². The number of amides is 4. The van der Waals surface area contributed by atoms with Crippen molar-refractivity contribution < 1.29 is 28.7 Å². The van der Waals surface area contributed by atoms with Crippen molar-refractivity contribution in [3.8, 4) is 0 Å². The zero-order valence-corrected chi connectivity index (χ0v) is 31.2. The highest BCUT2D eigenvalue weighted by Gasteiger charge is 2.44. The number of carbonyl (C=O) groups is 5. The van der Waals surface area contributed by atoms with Crippen LogP contribution in [-0.4, -0.2) is 77.4 Å². The predicted molar refractivity (Wildman–Crippen MR) is 206 cm³/mol. The summed E-state index contributed by atoms with van der Waals surface area (Å²) in [7, 11) is 1.34. The fourth-order valence-electron chi connectivity index (χ4n) is 7.85. The lowest BCUT2D eigenvalue weighted by atomic mass is 9.86. The fourth-order valence-corrected chi connectivity index (χ4v) is 9.24. The maximum absolute atomic E-state index is 14.2. The number of fused-ring (bicyclic) bond motifs is 1. The van der Waals surface area contributed by atoms with Gasteiger partial charge in [0.15, 0.2) is 0 Å². The molecule has 0 saturated carbocycles. The van der Waals surface area contributed by atoms with Crippen LogP contribution in [0.4, 0.5) is 5.69 Å². The van der Waals surface area contributed by atoms with Gasteiger partial charge in [-0.05, 0) is 93.2 Å². The largest absolute Gasteiger partial charge is 0.467 e. The quantitative estimate of drug-likeness (QED) is 0.228. The van der Waals surface area contributed by atoms with Gasteiger partial charge in [-0.25, -0.2) is 4.79 Å². The molecule has 53 heavy (non-hydrogen) atoms. The molecule has 2 N–H and O–H groups in total. The van der Waals surface area contributed by atoms with E-state index in [2.05, 4.69) is 10.6 Å². The van der Waals surface area contributed by atoms with Gasteiger partial charge in [0.05, 0.1) is 12.5 Å². The van der Waals surface area contributed by atoms with E-state index in [0.717, 1.165) is 36.1 Å². The standard InChI is InChI=1S/C42H50N4O6S/c1-52-42(51)36-20-11-21-37-46(36)41(50)35(24-26-53-37)44-39(48)32(28-30-15-7-3-8-16-30)23-22-31(27-29-13-5-2-6-14-29)38(47)43-34-19-12-25-45(40(34)49)33-17-9-4-10-18-33/h2-10,13-18,31-32,34-37H,11-12,19-28H2,1H3,(H,43,47)(H,44,48)/t31-,32-,34+,35+,36+,37+/m1/s1. The number of carbonyl (C=O) groups excluding carboxylic acids is 5. The number of ether oxygens (including phenoxy) is 1. The Morgan fingerprint density at radius 2 is 1.26 bits per heavy atom. The molecule has 3 aromatic carbocycles. The number of rotatable bonds is 13. The van der Waals surface area contributed by atoms with Gasteiger partial charge in [0, 0.05) is 24.1 Å². The summed E-state index contributed by atoms with van der Waals surface area (Å²) in [5, 5.41) is 6.05. The van der Waals surface area contributed by atoms with Crippen molar-refractivity contribution in [3.63, 3.8) is 0 Å². The van der Waals surface area contributed by atoms with Gasteiger partial charge >= 0.3 is 5.97 Å². The van der Waals surface area contributed by atoms with E-state index >= 15 is 0 Å². The highest BCUT2D eigenvalue weighted by atomic mass is 32.2. The lowest BCUT2D eigenvalue weighted by Crippen LogP contribution is -2.57. The van der Waals surface area contributed by atoms with Gasteiger partial charge in [-0.3, -0.25) is 19.2 Å². The van der Waals surface area contributed by atoms with Gasteiger partial charge in [0.25, 0.3) is 0 Å². The van der Waals surface area contributed by atoms with Gasteiger partial charge in [0.2, 0.25) is 23.6 Å². The molecule has 280 valence electrons. The Morgan fingerprint density at radius 3 is 1.83 bits per heavy atom. The molecule has 6 atom stereocenters. The molecule has 3 saturated heterocycles. The summed E-state index contributed by atoms with van der Waals surface area (Å²) in [6, 6.07) is 27.0. The van der Waals surface area contributed by atoms with E-state index in [-0.39, 0.29) is 29.0 Å². The molecule has 11 heteroatoms. The average molecular weight is 739 g/mol. The second-order valence-electron chi connectivity index (χ2n) is 14.3. The maximum Gasteiger partial charge on any atom is 0.328 e. The number of methoxy groups -OCH3 is 1. The monoisotopic (exact) mass is 738 g/mol. The molecule has 0 spiro atoms. The Morgan fingerprint density at radius 1 is 0.717 bits per heavy atom. The first kappa shape index (κ1) is 38.1. The van der Waals surface area contributed by atoms with Gasteiger partial charge < -0.3 is 25.2 Å². The van der Waals surface area contributed by atoms with E-state index in [9.17, 15) is 24.0 Å². The molecule has 3 heterocycles. The molecular formula is C42H50N4O6S. The van der Waals surface area contributed by atoms with Gasteiger partial charge in [-0.1, -0.05) is 78.9 Å². The summed E-state index contributed by atoms with van der Waals surface area (Å²) >= 11 is 1.65. The summed E-state index contributed by atoms with van der Waals surface area (Å²) in [5.41, 5.74) is 2.79. The van der Waals surface area contributed by atoms with Crippen LogP contribution in [0, 0.1) is 11.8 Å². The number of piperidine rings is 2. The second kappa shape index (κ2) is 18.4. The molecule has 0 unspecified atom stereocenters. The smallest absolute Gasteiger partial charge is 0.328 e. The van der Waals surface area contributed by atoms with Crippen molar-refractivity contribution in [2.24, 2.45) is 11.8 Å². The van der Waals surface area contributed by atoms with Crippen LogP contribution >= 0.6 is 11.8 Å². The van der Waals surface area contributed by atoms with Crippen molar-refractivity contribution in [1.82, 2.24) is 15.5 Å². The molecule has 0 aromatic heterocycles. The molecule has 4 amide bonds. The van der Waals surface area contributed by atoms with Crippen LogP contribution in [0.25, 0.3) is 0 Å². The first-order valence-electron chi connectivity index (χ1n) is 18.9.